The zero-order valence-corrected chi connectivity index (χ0v) is 13.1. The molecule has 0 amide bonds. The molecule has 0 unspecified atom stereocenters. The number of halogens is 1. The zero-order chi connectivity index (χ0) is 16.1. The smallest absolute Gasteiger partial charge is 0.123 e. The van der Waals surface area contributed by atoms with Crippen molar-refractivity contribution in [2.24, 2.45) is 0 Å². The van der Waals surface area contributed by atoms with E-state index in [-0.39, 0.29) is 5.82 Å². The molecule has 0 spiro atoms. The summed E-state index contributed by atoms with van der Waals surface area (Å²) in [6, 6.07) is 28.3. The third kappa shape index (κ3) is 3.40. The highest BCUT2D eigenvalue weighted by Crippen LogP contribution is 2.33. The van der Waals surface area contributed by atoms with Gasteiger partial charge >= 0.3 is 0 Å². The maximum atomic E-state index is 13.3. The molecule has 0 saturated heterocycles. The minimum absolute atomic E-state index is 0.220. The van der Waals surface area contributed by atoms with Crippen LogP contribution in [0.15, 0.2) is 78.9 Å². The van der Waals surface area contributed by atoms with Crippen LogP contribution in [0.25, 0.3) is 11.1 Å². The van der Waals surface area contributed by atoms with Gasteiger partial charge in [0.05, 0.1) is 0 Å². The average Bonchev–Trinajstić information content (AvgIpc) is 2.62. The molecular formula is C22H18F. The number of hydrogen-bond acceptors (Lipinski definition) is 0. The van der Waals surface area contributed by atoms with Crippen molar-refractivity contribution < 1.29 is 4.39 Å². The summed E-state index contributed by atoms with van der Waals surface area (Å²) in [4.78, 5) is 0. The highest BCUT2D eigenvalue weighted by molar-refractivity contribution is 5.98. The molecule has 3 rings (SSSR count). The van der Waals surface area contributed by atoms with E-state index in [0.717, 1.165) is 23.1 Å². The van der Waals surface area contributed by atoms with Crippen LogP contribution in [0, 0.1) is 11.9 Å². The first-order valence-electron chi connectivity index (χ1n) is 7.81. The third-order valence-electron chi connectivity index (χ3n) is 3.89. The summed E-state index contributed by atoms with van der Waals surface area (Å²) in [5.74, 6) is -0.220. The van der Waals surface area contributed by atoms with E-state index in [0.29, 0.717) is 0 Å². The van der Waals surface area contributed by atoms with Gasteiger partial charge in [-0.1, -0.05) is 73.7 Å². The van der Waals surface area contributed by atoms with Crippen LogP contribution in [0.1, 0.15) is 30.0 Å². The van der Waals surface area contributed by atoms with Crippen LogP contribution in [-0.4, -0.2) is 0 Å². The fourth-order valence-corrected chi connectivity index (χ4v) is 2.82. The van der Waals surface area contributed by atoms with Gasteiger partial charge in [0.2, 0.25) is 0 Å². The Hall–Kier alpha value is -2.67. The first kappa shape index (κ1) is 15.2. The van der Waals surface area contributed by atoms with Gasteiger partial charge in [-0.2, -0.15) is 0 Å². The lowest BCUT2D eigenvalue weighted by atomic mass is 9.88. The van der Waals surface area contributed by atoms with Crippen molar-refractivity contribution >= 4 is 11.1 Å². The molecule has 0 aromatic heterocycles. The van der Waals surface area contributed by atoms with E-state index < -0.39 is 0 Å². The second kappa shape index (κ2) is 7.06. The molecular weight excluding hydrogens is 283 g/mol. The summed E-state index contributed by atoms with van der Waals surface area (Å²) in [5.41, 5.74) is 5.57. The fraction of sp³-hybridized carbons (Fsp3) is 0.0909. The van der Waals surface area contributed by atoms with Crippen molar-refractivity contribution in [2.45, 2.75) is 13.3 Å². The van der Waals surface area contributed by atoms with Gasteiger partial charge in [0.15, 0.2) is 0 Å². The maximum absolute atomic E-state index is 13.3. The molecule has 3 aromatic rings. The fourth-order valence-electron chi connectivity index (χ4n) is 2.82. The lowest BCUT2D eigenvalue weighted by molar-refractivity contribution is 0.627. The van der Waals surface area contributed by atoms with E-state index in [4.69, 9.17) is 0 Å². The lowest BCUT2D eigenvalue weighted by Crippen LogP contribution is -1.95. The van der Waals surface area contributed by atoms with Gasteiger partial charge in [-0.3, -0.25) is 0 Å². The Balaban J connectivity index is 2.26. The summed E-state index contributed by atoms with van der Waals surface area (Å²) in [5, 5.41) is 0. The molecule has 0 atom stereocenters. The average molecular weight is 301 g/mol. The maximum Gasteiger partial charge on any atom is 0.123 e. The van der Waals surface area contributed by atoms with Crippen LogP contribution < -0.4 is 0 Å². The molecule has 0 N–H and O–H groups in total. The van der Waals surface area contributed by atoms with Crippen molar-refractivity contribution in [3.63, 3.8) is 0 Å². The van der Waals surface area contributed by atoms with Gasteiger partial charge in [-0.25, -0.2) is 4.39 Å². The zero-order valence-electron chi connectivity index (χ0n) is 13.1. The summed E-state index contributed by atoms with van der Waals surface area (Å²) >= 11 is 0. The minimum Gasteiger partial charge on any atom is -0.207 e. The number of allylic oxidation sites excluding steroid dienone is 1. The van der Waals surface area contributed by atoms with E-state index in [9.17, 15) is 4.39 Å². The van der Waals surface area contributed by atoms with Crippen LogP contribution >= 0.6 is 0 Å². The normalized spacial score (nSPS) is 11.9. The molecule has 0 aliphatic heterocycles. The third-order valence-corrected chi connectivity index (χ3v) is 3.89. The highest BCUT2D eigenvalue weighted by Gasteiger charge is 2.12. The highest BCUT2D eigenvalue weighted by atomic mass is 19.1. The molecule has 113 valence electrons. The SMILES string of the molecule is CCC(=C(c1[c]cccc1)c1ccc(F)cc1)c1ccccc1. The molecule has 0 nitrogen and oxygen atoms in total. The van der Waals surface area contributed by atoms with Crippen LogP contribution in [0.5, 0.6) is 0 Å². The minimum atomic E-state index is -0.220. The van der Waals surface area contributed by atoms with Gasteiger partial charge in [-0.15, -0.1) is 0 Å². The van der Waals surface area contributed by atoms with Crippen LogP contribution in [0.3, 0.4) is 0 Å². The molecule has 23 heavy (non-hydrogen) atoms. The van der Waals surface area contributed by atoms with Crippen molar-refractivity contribution in [3.8, 4) is 0 Å². The second-order valence-electron chi connectivity index (χ2n) is 5.36. The molecule has 1 radical (unpaired) electrons. The number of rotatable bonds is 4. The molecule has 0 fully saturated rings. The Morgan fingerprint density at radius 2 is 1.52 bits per heavy atom. The van der Waals surface area contributed by atoms with Crippen molar-refractivity contribution in [2.75, 3.05) is 0 Å². The molecule has 0 aliphatic rings. The van der Waals surface area contributed by atoms with Crippen LogP contribution in [0.4, 0.5) is 4.39 Å². The van der Waals surface area contributed by atoms with Gasteiger partial charge in [0.25, 0.3) is 0 Å². The molecule has 0 bridgehead atoms. The molecule has 3 aromatic carbocycles. The van der Waals surface area contributed by atoms with Crippen LogP contribution in [0.2, 0.25) is 0 Å². The largest absolute Gasteiger partial charge is 0.207 e. The van der Waals surface area contributed by atoms with E-state index in [1.807, 2.05) is 48.5 Å². The van der Waals surface area contributed by atoms with Crippen molar-refractivity contribution in [3.05, 3.63) is 107 Å². The second-order valence-corrected chi connectivity index (χ2v) is 5.36. The Labute approximate surface area is 136 Å². The summed E-state index contributed by atoms with van der Waals surface area (Å²) in [7, 11) is 0. The van der Waals surface area contributed by atoms with E-state index in [2.05, 4.69) is 31.2 Å². The van der Waals surface area contributed by atoms with E-state index in [1.165, 1.54) is 23.3 Å². The predicted octanol–water partition coefficient (Wildman–Crippen LogP) is 5.99. The lowest BCUT2D eigenvalue weighted by Gasteiger charge is -2.16. The Kier molecular flexibility index (Phi) is 4.68. The molecule has 0 saturated carbocycles. The van der Waals surface area contributed by atoms with Crippen molar-refractivity contribution in [1.82, 2.24) is 0 Å². The van der Waals surface area contributed by atoms with Crippen LogP contribution in [-0.2, 0) is 0 Å². The monoisotopic (exact) mass is 301 g/mol. The summed E-state index contributed by atoms with van der Waals surface area (Å²) in [6.07, 6.45) is 0.888. The topological polar surface area (TPSA) is 0 Å². The van der Waals surface area contributed by atoms with Gasteiger partial charge in [-0.05, 0) is 52.5 Å². The van der Waals surface area contributed by atoms with Gasteiger partial charge in [0, 0.05) is 0 Å². The molecule has 1 heteroatoms. The van der Waals surface area contributed by atoms with E-state index in [1.54, 1.807) is 0 Å². The first-order chi connectivity index (χ1) is 11.3. The van der Waals surface area contributed by atoms with Crippen molar-refractivity contribution in [1.29, 1.82) is 0 Å². The van der Waals surface area contributed by atoms with E-state index >= 15 is 0 Å². The Morgan fingerprint density at radius 3 is 2.13 bits per heavy atom. The summed E-state index contributed by atoms with van der Waals surface area (Å²) in [6.45, 7) is 2.15. The quantitative estimate of drug-likeness (QED) is 0.519. The van der Waals surface area contributed by atoms with Gasteiger partial charge in [0.1, 0.15) is 5.82 Å². The number of hydrogen-bond donors (Lipinski definition) is 0. The molecule has 0 heterocycles. The Morgan fingerprint density at radius 1 is 0.826 bits per heavy atom. The van der Waals surface area contributed by atoms with Gasteiger partial charge < -0.3 is 0 Å². The predicted molar refractivity (Wildman–Crippen MR) is 94.3 cm³/mol. The summed E-state index contributed by atoms with van der Waals surface area (Å²) < 4.78 is 13.3. The number of benzene rings is 3. The molecule has 0 aliphatic carbocycles. The Bertz CT molecular complexity index is 784. The first-order valence-corrected chi connectivity index (χ1v) is 7.81. The standard InChI is InChI=1S/C22H18F/c1-2-21(17-9-5-3-6-10-17)22(18-11-7-4-8-12-18)19-13-15-20(23)16-14-19/h3-11,13-16H,2H2,1H3.